The first-order valence-electron chi connectivity index (χ1n) is 14.9. The molecule has 0 spiro atoms. The molecule has 240 valence electrons. The number of carbonyl (C=O) groups is 2. The lowest BCUT2D eigenvalue weighted by molar-refractivity contribution is -0.172. The molecule has 4 aliphatic heterocycles. The molecular formula is C32H35F3N4O6. The van der Waals surface area contributed by atoms with Crippen molar-refractivity contribution < 1.29 is 42.4 Å². The van der Waals surface area contributed by atoms with Crippen molar-refractivity contribution in [3.63, 3.8) is 0 Å². The molecular weight excluding hydrogens is 593 g/mol. The second kappa shape index (κ2) is 10.8. The van der Waals surface area contributed by atoms with Crippen molar-refractivity contribution in [3.05, 3.63) is 45.0 Å². The number of halogens is 3. The number of aromatic hydroxyl groups is 2. The Hall–Kier alpha value is -4.02. The molecule has 3 N–H and O–H groups in total. The van der Waals surface area contributed by atoms with Crippen LogP contribution in [0.1, 0.15) is 64.4 Å². The van der Waals surface area contributed by atoms with E-state index in [2.05, 4.69) is 22.4 Å². The van der Waals surface area contributed by atoms with Gasteiger partial charge in [-0.15, -0.1) is 0 Å². The van der Waals surface area contributed by atoms with Crippen LogP contribution < -0.4 is 14.8 Å². The summed E-state index contributed by atoms with van der Waals surface area (Å²) in [5, 5.41) is 36.3. The number of ether oxygens (including phenoxy) is 2. The molecule has 6 rings (SSSR count). The summed E-state index contributed by atoms with van der Waals surface area (Å²) >= 11 is 0. The average Bonchev–Trinajstić information content (AvgIpc) is 3.47. The number of rotatable bonds is 5. The van der Waals surface area contributed by atoms with Gasteiger partial charge in [-0.05, 0) is 57.4 Å². The molecule has 4 heterocycles. The van der Waals surface area contributed by atoms with E-state index in [-0.39, 0.29) is 43.3 Å². The molecule has 2 aromatic carbocycles. The predicted molar refractivity (Wildman–Crippen MR) is 154 cm³/mol. The number of likely N-dealkylation sites (N-methyl/N-ethyl adjacent to an activating group) is 1. The van der Waals surface area contributed by atoms with Gasteiger partial charge in [0, 0.05) is 53.2 Å². The molecule has 1 fully saturated rings. The van der Waals surface area contributed by atoms with E-state index < -0.39 is 48.3 Å². The van der Waals surface area contributed by atoms with E-state index in [4.69, 9.17) is 9.47 Å². The minimum atomic E-state index is -5.05. The second-order valence-electron chi connectivity index (χ2n) is 12.6. The third-order valence-electron chi connectivity index (χ3n) is 10.2. The molecule has 13 heteroatoms. The Morgan fingerprint density at radius 2 is 1.78 bits per heavy atom. The summed E-state index contributed by atoms with van der Waals surface area (Å²) in [5.74, 6) is -3.09. The van der Waals surface area contributed by atoms with Gasteiger partial charge in [-0.2, -0.15) is 18.4 Å². The van der Waals surface area contributed by atoms with Crippen LogP contribution in [0.2, 0.25) is 0 Å². The SMILES string of the molecule is Cc1cc2c(c(O)c1C)[C@@H]1C3Cc4c(O)c(C)c5c(c4[C@H](CNC(=O)[C@H](C)CC(=O)C(F)(F)F)N3[C@@H](C#N)[C@H](C2)N1C)OCO5. The van der Waals surface area contributed by atoms with Gasteiger partial charge < -0.3 is 25.0 Å². The topological polar surface area (TPSA) is 135 Å². The number of hydrogen-bond acceptors (Lipinski definition) is 9. The highest BCUT2D eigenvalue weighted by Gasteiger charge is 2.56. The number of benzene rings is 2. The van der Waals surface area contributed by atoms with Gasteiger partial charge in [0.15, 0.2) is 11.5 Å². The molecule has 1 saturated heterocycles. The predicted octanol–water partition coefficient (Wildman–Crippen LogP) is 3.80. The first-order chi connectivity index (χ1) is 21.2. The van der Waals surface area contributed by atoms with Crippen LogP contribution in [-0.4, -0.2) is 76.4 Å². The maximum absolute atomic E-state index is 13.1. The van der Waals surface area contributed by atoms with Gasteiger partial charge in [0.1, 0.15) is 17.5 Å². The maximum Gasteiger partial charge on any atom is 0.449 e. The Bertz CT molecular complexity index is 1650. The maximum atomic E-state index is 13.1. The van der Waals surface area contributed by atoms with Crippen molar-refractivity contribution in [1.29, 1.82) is 5.26 Å². The van der Waals surface area contributed by atoms with E-state index in [1.807, 2.05) is 25.8 Å². The van der Waals surface area contributed by atoms with Crippen molar-refractivity contribution >= 4 is 11.7 Å². The summed E-state index contributed by atoms with van der Waals surface area (Å²) < 4.78 is 50.3. The van der Waals surface area contributed by atoms with Crippen LogP contribution in [0.4, 0.5) is 13.2 Å². The summed E-state index contributed by atoms with van der Waals surface area (Å²) in [5.41, 5.74) is 4.96. The number of nitriles is 1. The molecule has 2 aromatic rings. The highest BCUT2D eigenvalue weighted by atomic mass is 19.4. The number of hydrogen-bond donors (Lipinski definition) is 3. The Balaban J connectivity index is 1.47. The van der Waals surface area contributed by atoms with E-state index in [1.54, 1.807) is 6.92 Å². The van der Waals surface area contributed by atoms with Gasteiger partial charge >= 0.3 is 6.18 Å². The lowest BCUT2D eigenvalue weighted by atomic mass is 9.71. The third kappa shape index (κ3) is 4.68. The lowest BCUT2D eigenvalue weighted by Crippen LogP contribution is -2.68. The number of phenols is 2. The number of amides is 1. The van der Waals surface area contributed by atoms with E-state index in [0.717, 1.165) is 22.3 Å². The molecule has 6 atom stereocenters. The van der Waals surface area contributed by atoms with Crippen LogP contribution in [0, 0.1) is 38.0 Å². The van der Waals surface area contributed by atoms with Gasteiger partial charge in [-0.3, -0.25) is 19.4 Å². The molecule has 0 saturated carbocycles. The summed E-state index contributed by atoms with van der Waals surface area (Å²) in [4.78, 5) is 28.8. The molecule has 4 aliphatic rings. The Labute approximate surface area is 258 Å². The second-order valence-corrected chi connectivity index (χ2v) is 12.6. The van der Waals surface area contributed by atoms with E-state index in [0.29, 0.717) is 34.6 Å². The molecule has 10 nitrogen and oxygen atoms in total. The average molecular weight is 629 g/mol. The van der Waals surface area contributed by atoms with E-state index in [9.17, 15) is 38.2 Å². The van der Waals surface area contributed by atoms with Crippen molar-refractivity contribution in [3.8, 4) is 29.1 Å². The van der Waals surface area contributed by atoms with Crippen LogP contribution in [0.15, 0.2) is 6.07 Å². The minimum absolute atomic E-state index is 0.00649. The number of nitrogens with one attached hydrogen (secondary N) is 1. The number of aryl methyl sites for hydroxylation is 1. The molecule has 1 unspecified atom stereocenters. The fourth-order valence-electron chi connectivity index (χ4n) is 7.77. The van der Waals surface area contributed by atoms with Crippen LogP contribution in [0.3, 0.4) is 0 Å². The van der Waals surface area contributed by atoms with Crippen molar-refractivity contribution in [2.45, 2.75) is 83.3 Å². The number of nitrogens with zero attached hydrogens (tertiary/aromatic N) is 3. The minimum Gasteiger partial charge on any atom is -0.507 e. The zero-order chi connectivity index (χ0) is 32.7. The number of ketones is 1. The monoisotopic (exact) mass is 628 g/mol. The third-order valence-corrected chi connectivity index (χ3v) is 10.2. The fraction of sp³-hybridized carbons (Fsp3) is 0.531. The molecule has 1 amide bonds. The number of carbonyl (C=O) groups excluding carboxylic acids is 2. The number of alkyl halides is 3. The zero-order valence-electron chi connectivity index (χ0n) is 25.6. The van der Waals surface area contributed by atoms with Crippen molar-refractivity contribution in [2.24, 2.45) is 5.92 Å². The normalized spacial score (nSPS) is 25.9. The molecule has 0 aliphatic carbocycles. The highest BCUT2D eigenvalue weighted by molar-refractivity contribution is 5.89. The van der Waals surface area contributed by atoms with Gasteiger partial charge in [0.25, 0.3) is 0 Å². The lowest BCUT2D eigenvalue weighted by Gasteiger charge is -2.60. The summed E-state index contributed by atoms with van der Waals surface area (Å²) in [6.45, 7) is 6.51. The van der Waals surface area contributed by atoms with Crippen LogP contribution in [0.5, 0.6) is 23.0 Å². The highest BCUT2D eigenvalue weighted by Crippen LogP contribution is 2.57. The van der Waals surface area contributed by atoms with E-state index in [1.165, 1.54) is 6.92 Å². The Kier molecular flexibility index (Phi) is 7.44. The van der Waals surface area contributed by atoms with Gasteiger partial charge in [0.05, 0.1) is 18.2 Å². The first-order valence-corrected chi connectivity index (χ1v) is 14.9. The number of phenolic OH excluding ortho intramolecular Hbond substituents is 2. The van der Waals surface area contributed by atoms with Gasteiger partial charge in [-0.1, -0.05) is 13.0 Å². The van der Waals surface area contributed by atoms with Gasteiger partial charge in [0.2, 0.25) is 18.5 Å². The summed E-state index contributed by atoms with van der Waals surface area (Å²) in [6, 6.07) is 1.94. The Morgan fingerprint density at radius 3 is 2.44 bits per heavy atom. The first kappa shape index (κ1) is 31.0. The number of piperazine rings is 1. The molecule has 45 heavy (non-hydrogen) atoms. The smallest absolute Gasteiger partial charge is 0.449 e. The molecule has 0 radical (unpaired) electrons. The largest absolute Gasteiger partial charge is 0.507 e. The summed E-state index contributed by atoms with van der Waals surface area (Å²) in [6.07, 6.45) is -5.28. The molecule has 0 aromatic heterocycles. The van der Waals surface area contributed by atoms with E-state index >= 15 is 0 Å². The van der Waals surface area contributed by atoms with Crippen molar-refractivity contribution in [1.82, 2.24) is 15.1 Å². The molecule has 2 bridgehead atoms. The van der Waals surface area contributed by atoms with Crippen LogP contribution >= 0.6 is 0 Å². The van der Waals surface area contributed by atoms with Gasteiger partial charge in [-0.25, -0.2) is 0 Å². The van der Waals surface area contributed by atoms with Crippen LogP contribution in [-0.2, 0) is 22.4 Å². The Morgan fingerprint density at radius 1 is 1.09 bits per heavy atom. The fourth-order valence-corrected chi connectivity index (χ4v) is 7.77. The summed E-state index contributed by atoms with van der Waals surface area (Å²) in [7, 11) is 1.92. The van der Waals surface area contributed by atoms with Crippen LogP contribution in [0.25, 0.3) is 0 Å². The quantitative estimate of drug-likeness (QED) is 0.452. The number of fused-ring (bicyclic) bond motifs is 9. The number of Topliss-reactive ketones (excluding diaryl/α,β-unsaturated/α-hetero) is 1. The zero-order valence-corrected chi connectivity index (χ0v) is 25.6. The van der Waals surface area contributed by atoms with Crippen molar-refractivity contribution in [2.75, 3.05) is 20.4 Å². The standard InChI is InChI=1S/C32H35F3N4O6/c1-13-6-17-8-19-21(10-36)39-20(26(38(19)5)24(17)28(42)15(13)3)9-18-25(30-29(44-12-45-30)16(4)27(18)41)22(39)11-37-31(43)14(2)7-23(40)32(33,34)35/h6,14,19-22,26,41-42H,7-9,11-12H2,1-5H3,(H,37,43)/t14-,19+,20?,21+,22+,26+/m1/s1.